The second-order valence-corrected chi connectivity index (χ2v) is 7.68. The molecule has 34 heavy (non-hydrogen) atoms. The van der Waals surface area contributed by atoms with Gasteiger partial charge in [-0.25, -0.2) is 4.98 Å². The quantitative estimate of drug-likeness (QED) is 0.247. The van der Waals surface area contributed by atoms with Crippen molar-refractivity contribution >= 4 is 5.97 Å². The number of benzene rings is 2. The summed E-state index contributed by atoms with van der Waals surface area (Å²) in [5.74, 6) is 0.755. The zero-order valence-corrected chi connectivity index (χ0v) is 19.2. The Morgan fingerprint density at radius 1 is 1.03 bits per heavy atom. The van der Waals surface area contributed by atoms with Crippen LogP contribution < -0.4 is 14.2 Å². The van der Waals surface area contributed by atoms with Gasteiger partial charge in [-0.05, 0) is 49.2 Å². The van der Waals surface area contributed by atoms with E-state index in [1.165, 1.54) is 26.2 Å². The van der Waals surface area contributed by atoms with Crippen LogP contribution in [0.1, 0.15) is 50.5 Å². The molecule has 0 spiro atoms. The van der Waals surface area contributed by atoms with E-state index in [1.54, 1.807) is 30.3 Å². The van der Waals surface area contributed by atoms with Crippen molar-refractivity contribution in [1.82, 2.24) is 4.98 Å². The van der Waals surface area contributed by atoms with Crippen LogP contribution in [-0.4, -0.2) is 18.1 Å². The largest absolute Gasteiger partial charge is 0.493 e. The summed E-state index contributed by atoms with van der Waals surface area (Å²) in [5.41, 5.74) is 1.07. The van der Waals surface area contributed by atoms with Crippen molar-refractivity contribution in [2.24, 2.45) is 0 Å². The van der Waals surface area contributed by atoms with Gasteiger partial charge in [-0.2, -0.15) is 13.2 Å². The van der Waals surface area contributed by atoms with E-state index >= 15 is 0 Å². The molecule has 0 aliphatic carbocycles. The summed E-state index contributed by atoms with van der Waals surface area (Å²) >= 11 is 0. The molecule has 5 nitrogen and oxygen atoms in total. The van der Waals surface area contributed by atoms with Gasteiger partial charge in [-0.15, -0.1) is 0 Å². The first-order chi connectivity index (χ1) is 16.2. The van der Waals surface area contributed by atoms with E-state index in [1.807, 2.05) is 6.07 Å². The molecule has 3 aromatic rings. The fraction of sp³-hybridized carbons (Fsp3) is 0.308. The Hall–Kier alpha value is -3.55. The molecule has 0 aliphatic rings. The maximum atomic E-state index is 12.9. The van der Waals surface area contributed by atoms with Crippen molar-refractivity contribution in [3.8, 4) is 28.5 Å². The number of hydrogen-bond acceptors (Lipinski definition) is 5. The van der Waals surface area contributed by atoms with Crippen LogP contribution in [0.5, 0.6) is 17.2 Å². The lowest BCUT2D eigenvalue weighted by atomic mass is 10.1. The van der Waals surface area contributed by atoms with Crippen LogP contribution in [0.25, 0.3) is 11.3 Å². The molecule has 1 aromatic heterocycles. The number of carbonyl (C=O) groups is 1. The number of aromatic nitrogens is 1. The van der Waals surface area contributed by atoms with E-state index in [0.29, 0.717) is 40.6 Å². The minimum absolute atomic E-state index is 0.337. The molecule has 0 saturated carbocycles. The molecule has 0 saturated heterocycles. The Morgan fingerprint density at radius 3 is 2.38 bits per heavy atom. The predicted molar refractivity (Wildman–Crippen MR) is 122 cm³/mol. The molecule has 180 valence electrons. The van der Waals surface area contributed by atoms with Gasteiger partial charge in [-0.3, -0.25) is 4.79 Å². The number of methoxy groups -OCH3 is 1. The second kappa shape index (κ2) is 11.0. The molecule has 2 aromatic carbocycles. The molecule has 1 heterocycles. The Morgan fingerprint density at radius 2 is 1.76 bits per heavy atom. The molecule has 0 bridgehead atoms. The summed E-state index contributed by atoms with van der Waals surface area (Å²) in [6.45, 7) is 3.38. The van der Waals surface area contributed by atoms with Crippen LogP contribution in [0.2, 0.25) is 0 Å². The van der Waals surface area contributed by atoms with Crippen LogP contribution in [0.15, 0.2) is 60.7 Å². The fourth-order valence-electron chi connectivity index (χ4n) is 3.41. The maximum absolute atomic E-state index is 12.9. The molecule has 0 fully saturated rings. The highest BCUT2D eigenvalue weighted by Crippen LogP contribution is 2.36. The van der Waals surface area contributed by atoms with Gasteiger partial charge in [0, 0.05) is 18.6 Å². The molecule has 0 N–H and O–H groups in total. The monoisotopic (exact) mass is 473 g/mol. The van der Waals surface area contributed by atoms with Gasteiger partial charge in [0.15, 0.2) is 11.5 Å². The highest BCUT2D eigenvalue weighted by molar-refractivity contribution is 5.69. The number of nitrogens with zero attached hydrogens (tertiary/aromatic N) is 1. The first-order valence-corrected chi connectivity index (χ1v) is 10.9. The zero-order chi connectivity index (χ0) is 24.7. The van der Waals surface area contributed by atoms with Gasteiger partial charge >= 0.3 is 12.1 Å². The van der Waals surface area contributed by atoms with E-state index < -0.39 is 23.8 Å². The number of halogens is 3. The van der Waals surface area contributed by atoms with Crippen molar-refractivity contribution in [3.05, 3.63) is 71.9 Å². The number of ether oxygens (including phenoxy) is 3. The Labute approximate surface area is 196 Å². The van der Waals surface area contributed by atoms with E-state index in [4.69, 9.17) is 14.2 Å². The molecule has 0 unspecified atom stereocenters. The number of hydrogen-bond donors (Lipinski definition) is 0. The molecular formula is C26H26F3NO4. The zero-order valence-electron chi connectivity index (χ0n) is 19.2. The third-order valence-corrected chi connectivity index (χ3v) is 5.09. The highest BCUT2D eigenvalue weighted by atomic mass is 19.4. The predicted octanol–water partition coefficient (Wildman–Crippen LogP) is 7.01. The Balaban J connectivity index is 1.89. The van der Waals surface area contributed by atoms with Gasteiger partial charge in [0.25, 0.3) is 0 Å². The lowest BCUT2D eigenvalue weighted by Crippen LogP contribution is -2.11. The maximum Gasteiger partial charge on any atom is 0.416 e. The number of rotatable bonds is 9. The minimum atomic E-state index is -4.39. The molecule has 0 radical (unpaired) electrons. The summed E-state index contributed by atoms with van der Waals surface area (Å²) in [6, 6.07) is 15.1. The summed E-state index contributed by atoms with van der Waals surface area (Å²) in [7, 11) is 1.49. The average molecular weight is 473 g/mol. The van der Waals surface area contributed by atoms with Gasteiger partial charge in [-0.1, -0.05) is 31.5 Å². The Kier molecular flexibility index (Phi) is 8.15. The van der Waals surface area contributed by atoms with Crippen LogP contribution in [0, 0.1) is 0 Å². The summed E-state index contributed by atoms with van der Waals surface area (Å²) in [6.07, 6.45) is -2.31. The highest BCUT2D eigenvalue weighted by Gasteiger charge is 2.30. The lowest BCUT2D eigenvalue weighted by molar-refractivity contribution is -0.137. The third-order valence-electron chi connectivity index (χ3n) is 5.09. The fourth-order valence-corrected chi connectivity index (χ4v) is 3.41. The molecule has 3 rings (SSSR count). The van der Waals surface area contributed by atoms with E-state index in [9.17, 15) is 18.0 Å². The van der Waals surface area contributed by atoms with Crippen LogP contribution in [0.4, 0.5) is 13.2 Å². The summed E-state index contributed by atoms with van der Waals surface area (Å²) < 4.78 is 55.5. The van der Waals surface area contributed by atoms with E-state index in [-0.39, 0.29) is 0 Å². The Bertz CT molecular complexity index is 1110. The summed E-state index contributed by atoms with van der Waals surface area (Å²) in [5, 5.41) is 0. The number of alkyl halides is 3. The first kappa shape index (κ1) is 25.1. The molecule has 8 heteroatoms. The standard InChI is InChI=1S/C26H26F3NO4/c1-4-5-9-23(34-24-15-14-20(33-17(2)31)16-25(24)32-3)22-8-6-7-21(30-22)18-10-12-19(13-11-18)26(27,28)29/h6-8,10-16,23H,4-5,9H2,1-3H3/t23-/m0/s1. The van der Waals surface area contributed by atoms with Crippen LogP contribution in [-0.2, 0) is 11.0 Å². The van der Waals surface area contributed by atoms with E-state index in [2.05, 4.69) is 11.9 Å². The number of carbonyl (C=O) groups excluding carboxylic acids is 1. The van der Waals surface area contributed by atoms with Crippen molar-refractivity contribution in [2.75, 3.05) is 7.11 Å². The normalized spacial score (nSPS) is 12.2. The van der Waals surface area contributed by atoms with Crippen molar-refractivity contribution < 1.29 is 32.2 Å². The molecule has 0 aliphatic heterocycles. The van der Waals surface area contributed by atoms with Crippen molar-refractivity contribution in [1.29, 1.82) is 0 Å². The number of unbranched alkanes of at least 4 members (excludes halogenated alkanes) is 1. The SMILES string of the molecule is CCCC[C@H](Oc1ccc(OC(C)=O)cc1OC)c1cccc(-c2ccc(C(F)(F)F)cc2)n1. The molecule has 0 amide bonds. The number of pyridine rings is 1. The lowest BCUT2D eigenvalue weighted by Gasteiger charge is -2.21. The topological polar surface area (TPSA) is 57.7 Å². The van der Waals surface area contributed by atoms with E-state index in [0.717, 1.165) is 25.0 Å². The smallest absolute Gasteiger partial charge is 0.416 e. The van der Waals surface area contributed by atoms with Gasteiger partial charge in [0.05, 0.1) is 24.1 Å². The van der Waals surface area contributed by atoms with Gasteiger partial charge in [0.2, 0.25) is 0 Å². The molecule has 1 atom stereocenters. The van der Waals surface area contributed by atoms with Crippen LogP contribution in [0.3, 0.4) is 0 Å². The van der Waals surface area contributed by atoms with Crippen molar-refractivity contribution in [2.45, 2.75) is 45.4 Å². The molecular weight excluding hydrogens is 447 g/mol. The van der Waals surface area contributed by atoms with Crippen LogP contribution >= 0.6 is 0 Å². The third kappa shape index (κ3) is 6.50. The van der Waals surface area contributed by atoms with Gasteiger partial charge < -0.3 is 14.2 Å². The first-order valence-electron chi connectivity index (χ1n) is 10.9. The average Bonchev–Trinajstić information content (AvgIpc) is 2.81. The second-order valence-electron chi connectivity index (χ2n) is 7.68. The minimum Gasteiger partial charge on any atom is -0.493 e. The number of esters is 1. The van der Waals surface area contributed by atoms with Crippen molar-refractivity contribution in [3.63, 3.8) is 0 Å². The summed E-state index contributed by atoms with van der Waals surface area (Å²) in [4.78, 5) is 15.9. The van der Waals surface area contributed by atoms with Gasteiger partial charge in [0.1, 0.15) is 11.9 Å².